The Morgan fingerprint density at radius 2 is 2.13 bits per heavy atom. The van der Waals surface area contributed by atoms with Crippen LogP contribution in [-0.4, -0.2) is 17.1 Å². The SMILES string of the molecule is NC1CCCCC1Oc1ccc(Cl)cn1. The van der Waals surface area contributed by atoms with Gasteiger partial charge in [-0.3, -0.25) is 0 Å². The number of halogens is 1. The van der Waals surface area contributed by atoms with E-state index in [2.05, 4.69) is 4.98 Å². The van der Waals surface area contributed by atoms with Crippen molar-refractivity contribution in [3.8, 4) is 5.88 Å². The molecule has 82 valence electrons. The lowest BCUT2D eigenvalue weighted by molar-refractivity contribution is 0.127. The smallest absolute Gasteiger partial charge is 0.213 e. The zero-order chi connectivity index (χ0) is 10.7. The summed E-state index contributed by atoms with van der Waals surface area (Å²) in [6, 6.07) is 3.69. The number of rotatable bonds is 2. The number of pyridine rings is 1. The first-order valence-electron chi connectivity index (χ1n) is 5.29. The van der Waals surface area contributed by atoms with E-state index in [4.69, 9.17) is 22.1 Å². The molecule has 1 aliphatic carbocycles. The summed E-state index contributed by atoms with van der Waals surface area (Å²) in [5.74, 6) is 0.613. The highest BCUT2D eigenvalue weighted by atomic mass is 35.5. The second kappa shape index (κ2) is 4.81. The Labute approximate surface area is 94.6 Å². The van der Waals surface area contributed by atoms with Crippen LogP contribution in [0.2, 0.25) is 5.02 Å². The topological polar surface area (TPSA) is 48.1 Å². The van der Waals surface area contributed by atoms with Crippen LogP contribution in [0.25, 0.3) is 0 Å². The lowest BCUT2D eigenvalue weighted by atomic mass is 9.93. The van der Waals surface area contributed by atoms with Crippen LogP contribution in [0, 0.1) is 0 Å². The molecule has 0 aliphatic heterocycles. The fourth-order valence-corrected chi connectivity index (χ4v) is 1.97. The summed E-state index contributed by atoms with van der Waals surface area (Å²) in [6.07, 6.45) is 6.14. The Morgan fingerprint density at radius 3 is 2.80 bits per heavy atom. The molecule has 3 nitrogen and oxygen atoms in total. The van der Waals surface area contributed by atoms with Crippen molar-refractivity contribution in [1.29, 1.82) is 0 Å². The Bertz CT molecular complexity index is 315. The van der Waals surface area contributed by atoms with Crippen LogP contribution < -0.4 is 10.5 Å². The maximum Gasteiger partial charge on any atom is 0.213 e. The zero-order valence-electron chi connectivity index (χ0n) is 8.53. The molecule has 0 aromatic carbocycles. The van der Waals surface area contributed by atoms with Gasteiger partial charge in [0.25, 0.3) is 0 Å². The van der Waals surface area contributed by atoms with Crippen molar-refractivity contribution in [1.82, 2.24) is 4.98 Å². The minimum Gasteiger partial charge on any atom is -0.473 e. The highest BCUT2D eigenvalue weighted by molar-refractivity contribution is 6.30. The number of aromatic nitrogens is 1. The van der Waals surface area contributed by atoms with Crippen molar-refractivity contribution in [2.45, 2.75) is 37.8 Å². The summed E-state index contributed by atoms with van der Waals surface area (Å²) < 4.78 is 5.73. The van der Waals surface area contributed by atoms with E-state index in [1.807, 2.05) is 0 Å². The van der Waals surface area contributed by atoms with Crippen LogP contribution in [0.5, 0.6) is 5.88 Å². The number of nitrogens with two attached hydrogens (primary N) is 1. The van der Waals surface area contributed by atoms with Gasteiger partial charge in [-0.15, -0.1) is 0 Å². The quantitative estimate of drug-likeness (QED) is 0.843. The molecule has 1 fully saturated rings. The Balaban J connectivity index is 1.98. The van der Waals surface area contributed by atoms with Crippen molar-refractivity contribution in [3.63, 3.8) is 0 Å². The summed E-state index contributed by atoms with van der Waals surface area (Å²) in [5, 5.41) is 0.621. The fraction of sp³-hybridized carbons (Fsp3) is 0.545. The molecule has 2 unspecified atom stereocenters. The Morgan fingerprint density at radius 1 is 1.33 bits per heavy atom. The van der Waals surface area contributed by atoms with E-state index in [1.54, 1.807) is 18.3 Å². The van der Waals surface area contributed by atoms with Gasteiger partial charge in [0.15, 0.2) is 0 Å². The van der Waals surface area contributed by atoms with Gasteiger partial charge >= 0.3 is 0 Å². The van der Waals surface area contributed by atoms with E-state index < -0.39 is 0 Å². The van der Waals surface area contributed by atoms with Gasteiger partial charge in [-0.2, -0.15) is 0 Å². The molecular formula is C11H15ClN2O. The monoisotopic (exact) mass is 226 g/mol. The molecule has 1 saturated carbocycles. The van der Waals surface area contributed by atoms with Crippen LogP contribution in [-0.2, 0) is 0 Å². The maximum atomic E-state index is 5.98. The lowest BCUT2D eigenvalue weighted by Crippen LogP contribution is -2.41. The fourth-order valence-electron chi connectivity index (χ4n) is 1.86. The summed E-state index contributed by atoms with van der Waals surface area (Å²) in [4.78, 5) is 4.10. The van der Waals surface area contributed by atoms with E-state index in [1.165, 1.54) is 12.8 Å². The van der Waals surface area contributed by atoms with Gasteiger partial charge in [0.05, 0.1) is 5.02 Å². The third kappa shape index (κ3) is 2.83. The van der Waals surface area contributed by atoms with Gasteiger partial charge in [0, 0.05) is 18.3 Å². The minimum absolute atomic E-state index is 0.104. The van der Waals surface area contributed by atoms with E-state index >= 15 is 0 Å². The van der Waals surface area contributed by atoms with E-state index in [9.17, 15) is 0 Å². The molecular weight excluding hydrogens is 212 g/mol. The zero-order valence-corrected chi connectivity index (χ0v) is 9.28. The normalized spacial score (nSPS) is 26.3. The van der Waals surface area contributed by atoms with Gasteiger partial charge in [-0.05, 0) is 25.3 Å². The third-order valence-corrected chi connectivity index (χ3v) is 2.95. The lowest BCUT2D eigenvalue weighted by Gasteiger charge is -2.28. The molecule has 0 saturated heterocycles. The number of hydrogen-bond donors (Lipinski definition) is 1. The van der Waals surface area contributed by atoms with Gasteiger partial charge in [-0.1, -0.05) is 18.0 Å². The summed E-state index contributed by atoms with van der Waals surface area (Å²) in [5.41, 5.74) is 5.98. The second-order valence-electron chi connectivity index (χ2n) is 3.92. The molecule has 2 atom stereocenters. The number of nitrogens with zero attached hydrogens (tertiary/aromatic N) is 1. The molecule has 4 heteroatoms. The average molecular weight is 227 g/mol. The van der Waals surface area contributed by atoms with Gasteiger partial charge < -0.3 is 10.5 Å². The Kier molecular flexibility index (Phi) is 3.44. The van der Waals surface area contributed by atoms with Crippen LogP contribution >= 0.6 is 11.6 Å². The molecule has 2 N–H and O–H groups in total. The standard InChI is InChI=1S/C11H15ClN2O/c12-8-5-6-11(14-7-8)15-10-4-2-1-3-9(10)13/h5-7,9-10H,1-4,13H2. The van der Waals surface area contributed by atoms with Crippen LogP contribution in [0.1, 0.15) is 25.7 Å². The molecule has 0 amide bonds. The Hall–Kier alpha value is -0.800. The predicted molar refractivity (Wildman–Crippen MR) is 60.1 cm³/mol. The van der Waals surface area contributed by atoms with Gasteiger partial charge in [-0.25, -0.2) is 4.98 Å². The second-order valence-corrected chi connectivity index (χ2v) is 4.36. The van der Waals surface area contributed by atoms with E-state index in [0.717, 1.165) is 12.8 Å². The van der Waals surface area contributed by atoms with Crippen LogP contribution in [0.15, 0.2) is 18.3 Å². The number of ether oxygens (including phenoxy) is 1. The largest absolute Gasteiger partial charge is 0.473 e. The molecule has 1 aromatic heterocycles. The molecule has 0 spiro atoms. The molecule has 1 heterocycles. The van der Waals surface area contributed by atoms with Crippen LogP contribution in [0.3, 0.4) is 0 Å². The molecule has 1 aromatic rings. The molecule has 0 radical (unpaired) electrons. The van der Waals surface area contributed by atoms with Crippen molar-refractivity contribution < 1.29 is 4.74 Å². The predicted octanol–water partition coefficient (Wildman–Crippen LogP) is 2.38. The highest BCUT2D eigenvalue weighted by Gasteiger charge is 2.23. The van der Waals surface area contributed by atoms with Crippen molar-refractivity contribution >= 4 is 11.6 Å². The summed E-state index contributed by atoms with van der Waals surface area (Å²) in [7, 11) is 0. The van der Waals surface area contributed by atoms with Gasteiger partial charge in [0.2, 0.25) is 5.88 Å². The van der Waals surface area contributed by atoms with E-state index in [0.29, 0.717) is 10.9 Å². The average Bonchev–Trinajstić information content (AvgIpc) is 2.25. The maximum absolute atomic E-state index is 5.98. The molecule has 15 heavy (non-hydrogen) atoms. The number of hydrogen-bond acceptors (Lipinski definition) is 3. The molecule has 0 bridgehead atoms. The van der Waals surface area contributed by atoms with Crippen molar-refractivity contribution in [3.05, 3.63) is 23.4 Å². The summed E-state index contributed by atoms with van der Waals surface area (Å²) >= 11 is 5.74. The first kappa shape index (κ1) is 10.7. The van der Waals surface area contributed by atoms with Crippen LogP contribution in [0.4, 0.5) is 0 Å². The van der Waals surface area contributed by atoms with Crippen molar-refractivity contribution in [2.75, 3.05) is 0 Å². The third-order valence-electron chi connectivity index (χ3n) is 2.73. The molecule has 1 aliphatic rings. The van der Waals surface area contributed by atoms with Crippen molar-refractivity contribution in [2.24, 2.45) is 5.73 Å². The van der Waals surface area contributed by atoms with Gasteiger partial charge in [0.1, 0.15) is 6.10 Å². The molecule has 2 rings (SSSR count). The first-order chi connectivity index (χ1) is 7.25. The summed E-state index contributed by atoms with van der Waals surface area (Å²) in [6.45, 7) is 0. The first-order valence-corrected chi connectivity index (χ1v) is 5.67. The van der Waals surface area contributed by atoms with E-state index in [-0.39, 0.29) is 12.1 Å². The minimum atomic E-state index is 0.104. The highest BCUT2D eigenvalue weighted by Crippen LogP contribution is 2.22.